The number of nitrogens with one attached hydrogen (secondary N) is 1. The van der Waals surface area contributed by atoms with Gasteiger partial charge in [0, 0.05) is 12.6 Å². The fourth-order valence-corrected chi connectivity index (χ4v) is 5.80. The Morgan fingerprint density at radius 3 is 1.20 bits per heavy atom. The first-order chi connectivity index (χ1) is 22.1. The zero-order valence-corrected chi connectivity index (χ0v) is 31.0. The van der Waals surface area contributed by atoms with E-state index in [1.54, 1.807) is 0 Å². The lowest BCUT2D eigenvalue weighted by Gasteiger charge is -2.24. The minimum absolute atomic E-state index is 0.383. The first kappa shape index (κ1) is 43.8. The van der Waals surface area contributed by atoms with E-state index in [-0.39, 0.29) is 6.23 Å². The molecule has 0 aliphatic rings. The van der Waals surface area contributed by atoms with E-state index in [9.17, 15) is 5.11 Å². The highest BCUT2D eigenvalue weighted by Crippen LogP contribution is 2.16. The zero-order valence-electron chi connectivity index (χ0n) is 31.0. The average molecular weight is 629 g/mol. The molecule has 0 radical (unpaired) electrons. The van der Waals surface area contributed by atoms with Gasteiger partial charge in [-0.15, -0.1) is 0 Å². The number of aliphatic hydroxyl groups is 1. The van der Waals surface area contributed by atoms with Crippen molar-refractivity contribution in [2.45, 2.75) is 199 Å². The number of unbranched alkanes of at least 4 members (excludes halogenated alkanes) is 18. The van der Waals surface area contributed by atoms with Gasteiger partial charge in [-0.25, -0.2) is 0 Å². The molecule has 0 saturated carbocycles. The van der Waals surface area contributed by atoms with Gasteiger partial charge >= 0.3 is 0 Å². The normalized spacial score (nSPS) is 13.3. The Bertz CT molecular complexity index is 632. The van der Waals surface area contributed by atoms with Crippen molar-refractivity contribution in [2.75, 3.05) is 20.6 Å². The Morgan fingerprint density at radius 1 is 0.467 bits per heavy atom. The van der Waals surface area contributed by atoms with E-state index in [4.69, 9.17) is 0 Å². The largest absolute Gasteiger partial charge is 0.379 e. The fraction of sp³-hybridized carbons (Fsp3) is 0.810. The van der Waals surface area contributed by atoms with Gasteiger partial charge in [-0.3, -0.25) is 5.32 Å². The molecule has 0 fully saturated rings. The van der Waals surface area contributed by atoms with E-state index in [2.05, 4.69) is 86.8 Å². The molecule has 3 heteroatoms. The van der Waals surface area contributed by atoms with Gasteiger partial charge in [-0.1, -0.05) is 152 Å². The number of rotatable bonds is 35. The van der Waals surface area contributed by atoms with Gasteiger partial charge in [0.1, 0.15) is 6.23 Å². The smallest absolute Gasteiger partial charge is 0.106 e. The molecule has 0 aliphatic heterocycles. The second kappa shape index (κ2) is 37.3. The summed E-state index contributed by atoms with van der Waals surface area (Å²) in [5.74, 6) is 0. The van der Waals surface area contributed by atoms with Crippen molar-refractivity contribution in [1.82, 2.24) is 10.2 Å². The van der Waals surface area contributed by atoms with E-state index >= 15 is 0 Å². The molecular weight excluding hydrogens is 548 g/mol. The molecule has 45 heavy (non-hydrogen) atoms. The van der Waals surface area contributed by atoms with Gasteiger partial charge in [-0.2, -0.15) is 0 Å². The molecule has 0 aromatic heterocycles. The molecule has 264 valence electrons. The van der Waals surface area contributed by atoms with Crippen LogP contribution in [0.25, 0.3) is 0 Å². The molecule has 0 bridgehead atoms. The van der Waals surface area contributed by atoms with Gasteiger partial charge in [0.2, 0.25) is 0 Å². The SMILES string of the molecule is CCCCC/C=C\C/C=C\CCCCCCCCC(CCCCCCCC/C=C\C/C=C\CCCCC)NC(O)CCN(C)C. The van der Waals surface area contributed by atoms with Gasteiger partial charge in [0.25, 0.3) is 0 Å². The Balaban J connectivity index is 3.95. The number of hydrogen-bond acceptors (Lipinski definition) is 3. The van der Waals surface area contributed by atoms with Gasteiger partial charge < -0.3 is 10.0 Å². The second-order valence-electron chi connectivity index (χ2n) is 13.7. The number of nitrogens with zero attached hydrogens (tertiary/aromatic N) is 1. The molecule has 0 heterocycles. The van der Waals surface area contributed by atoms with Crippen LogP contribution in [0.3, 0.4) is 0 Å². The summed E-state index contributed by atoms with van der Waals surface area (Å²) in [6.45, 7) is 5.46. The van der Waals surface area contributed by atoms with E-state index < -0.39 is 0 Å². The number of hydrogen-bond donors (Lipinski definition) is 2. The predicted molar refractivity (Wildman–Crippen MR) is 204 cm³/mol. The maximum Gasteiger partial charge on any atom is 0.106 e. The molecule has 1 unspecified atom stereocenters. The average Bonchev–Trinajstić information content (AvgIpc) is 3.03. The van der Waals surface area contributed by atoms with Gasteiger partial charge in [0.15, 0.2) is 0 Å². The minimum atomic E-state index is -0.383. The van der Waals surface area contributed by atoms with Crippen molar-refractivity contribution >= 4 is 0 Å². The van der Waals surface area contributed by atoms with E-state index in [0.29, 0.717) is 6.04 Å². The Labute approximate surface area is 283 Å². The van der Waals surface area contributed by atoms with E-state index in [0.717, 1.165) is 25.8 Å². The van der Waals surface area contributed by atoms with Crippen molar-refractivity contribution in [3.63, 3.8) is 0 Å². The summed E-state index contributed by atoms with van der Waals surface area (Å²) in [5.41, 5.74) is 0. The van der Waals surface area contributed by atoms with Crippen LogP contribution in [0.5, 0.6) is 0 Å². The highest BCUT2D eigenvalue weighted by molar-refractivity contribution is 4.93. The highest BCUT2D eigenvalue weighted by atomic mass is 16.3. The summed E-state index contributed by atoms with van der Waals surface area (Å²) in [6.07, 6.45) is 52.8. The summed E-state index contributed by atoms with van der Waals surface area (Å²) in [5, 5.41) is 14.2. The maximum absolute atomic E-state index is 10.6. The monoisotopic (exact) mass is 629 g/mol. The lowest BCUT2D eigenvalue weighted by atomic mass is 9.99. The van der Waals surface area contributed by atoms with Gasteiger partial charge in [-0.05, 0) is 97.6 Å². The number of aliphatic hydroxyl groups excluding tert-OH is 1. The van der Waals surface area contributed by atoms with Crippen LogP contribution >= 0.6 is 0 Å². The Morgan fingerprint density at radius 2 is 0.822 bits per heavy atom. The van der Waals surface area contributed by atoms with Gasteiger partial charge in [0.05, 0.1) is 0 Å². The first-order valence-electron chi connectivity index (χ1n) is 19.8. The lowest BCUT2D eigenvalue weighted by Crippen LogP contribution is -2.39. The Kier molecular flexibility index (Phi) is 36.3. The zero-order chi connectivity index (χ0) is 32.9. The summed E-state index contributed by atoms with van der Waals surface area (Å²) in [6, 6.07) is 0.457. The summed E-state index contributed by atoms with van der Waals surface area (Å²) >= 11 is 0. The van der Waals surface area contributed by atoms with Crippen LogP contribution in [0.4, 0.5) is 0 Å². The Hall–Kier alpha value is -1.16. The predicted octanol–water partition coefficient (Wildman–Crippen LogP) is 12.6. The standard InChI is InChI=1S/C42H80N2O/c1-5-7-9-11-13-15-17-19-21-23-25-27-29-31-33-35-37-41(43-42(45)39-40-44(3)4)38-36-34-32-30-28-26-24-22-20-18-16-14-12-10-8-6-2/h13-16,19-22,41-43,45H,5-12,17-18,23-40H2,1-4H3/b15-13-,16-14-,21-19-,22-20-. The van der Waals surface area contributed by atoms with E-state index in [1.807, 2.05) is 0 Å². The minimum Gasteiger partial charge on any atom is -0.379 e. The molecule has 1 atom stereocenters. The molecule has 0 amide bonds. The van der Waals surface area contributed by atoms with Crippen LogP contribution < -0.4 is 5.32 Å². The van der Waals surface area contributed by atoms with Crippen LogP contribution in [0.1, 0.15) is 187 Å². The van der Waals surface area contributed by atoms with E-state index in [1.165, 1.54) is 154 Å². The highest BCUT2D eigenvalue weighted by Gasteiger charge is 2.13. The third-order valence-electron chi connectivity index (χ3n) is 8.78. The molecular formula is C42H80N2O. The van der Waals surface area contributed by atoms with Crippen molar-refractivity contribution in [3.05, 3.63) is 48.6 Å². The van der Waals surface area contributed by atoms with Crippen LogP contribution in [0.2, 0.25) is 0 Å². The third kappa shape index (κ3) is 37.2. The van der Waals surface area contributed by atoms with Crippen molar-refractivity contribution in [3.8, 4) is 0 Å². The molecule has 0 saturated heterocycles. The molecule has 3 nitrogen and oxygen atoms in total. The quantitative estimate of drug-likeness (QED) is 0.0416. The van der Waals surface area contributed by atoms with Crippen molar-refractivity contribution in [1.29, 1.82) is 0 Å². The van der Waals surface area contributed by atoms with Crippen molar-refractivity contribution < 1.29 is 5.11 Å². The summed E-state index contributed by atoms with van der Waals surface area (Å²) in [4.78, 5) is 2.16. The van der Waals surface area contributed by atoms with Crippen LogP contribution in [-0.4, -0.2) is 42.9 Å². The van der Waals surface area contributed by atoms with Crippen LogP contribution in [0.15, 0.2) is 48.6 Å². The molecule has 0 aliphatic carbocycles. The third-order valence-corrected chi connectivity index (χ3v) is 8.78. The number of allylic oxidation sites excluding steroid dienone is 8. The maximum atomic E-state index is 10.6. The second-order valence-corrected chi connectivity index (χ2v) is 13.7. The molecule has 0 aromatic carbocycles. The summed E-state index contributed by atoms with van der Waals surface area (Å²) in [7, 11) is 4.16. The molecule has 0 aromatic rings. The summed E-state index contributed by atoms with van der Waals surface area (Å²) < 4.78 is 0. The topological polar surface area (TPSA) is 35.5 Å². The molecule has 0 spiro atoms. The van der Waals surface area contributed by atoms with Crippen LogP contribution in [-0.2, 0) is 0 Å². The molecule has 2 N–H and O–H groups in total. The van der Waals surface area contributed by atoms with Crippen LogP contribution in [0, 0.1) is 0 Å². The molecule has 0 rings (SSSR count). The fourth-order valence-electron chi connectivity index (χ4n) is 5.80. The lowest BCUT2D eigenvalue weighted by molar-refractivity contribution is 0.0995. The van der Waals surface area contributed by atoms with Crippen molar-refractivity contribution in [2.24, 2.45) is 0 Å². The first-order valence-corrected chi connectivity index (χ1v) is 19.8.